The molecule has 0 amide bonds. The van der Waals surface area contributed by atoms with Crippen LogP contribution < -0.4 is 5.73 Å². The van der Waals surface area contributed by atoms with Crippen molar-refractivity contribution in [3.63, 3.8) is 0 Å². The van der Waals surface area contributed by atoms with Gasteiger partial charge >= 0.3 is 0 Å². The summed E-state index contributed by atoms with van der Waals surface area (Å²) in [6.45, 7) is 2.19. The van der Waals surface area contributed by atoms with E-state index in [1.807, 2.05) is 24.3 Å². The van der Waals surface area contributed by atoms with E-state index < -0.39 is 0 Å². The largest absolute Gasteiger partial charge is 0.398 e. The smallest absolute Gasteiger partial charge is 0.0478 e. The number of hydrogen-bond acceptors (Lipinski definition) is 1. The first kappa shape index (κ1) is 12.3. The van der Waals surface area contributed by atoms with Gasteiger partial charge in [0.2, 0.25) is 0 Å². The second-order valence-electron chi connectivity index (χ2n) is 4.28. The van der Waals surface area contributed by atoms with Crippen molar-refractivity contribution in [2.24, 2.45) is 0 Å². The number of para-hydroxylation sites is 1. The number of hydrogen-bond donors (Lipinski definition) is 1. The van der Waals surface area contributed by atoms with Crippen molar-refractivity contribution in [3.05, 3.63) is 65.2 Å². The van der Waals surface area contributed by atoms with Crippen molar-refractivity contribution in [3.8, 4) is 11.8 Å². The second kappa shape index (κ2) is 5.93. The molecule has 0 saturated carbocycles. The maximum atomic E-state index is 5.85. The number of benzene rings is 2. The second-order valence-corrected chi connectivity index (χ2v) is 4.28. The third-order valence-electron chi connectivity index (χ3n) is 2.79. The Morgan fingerprint density at radius 1 is 0.944 bits per heavy atom. The van der Waals surface area contributed by atoms with Crippen LogP contribution in [0.25, 0.3) is 0 Å². The van der Waals surface area contributed by atoms with E-state index in [4.69, 9.17) is 5.73 Å². The molecule has 0 aliphatic carbocycles. The summed E-state index contributed by atoms with van der Waals surface area (Å²) in [5.74, 6) is 6.25. The summed E-state index contributed by atoms with van der Waals surface area (Å²) in [5, 5.41) is 0. The zero-order chi connectivity index (χ0) is 12.8. The first-order chi connectivity index (χ1) is 8.79. The lowest BCUT2D eigenvalue weighted by molar-refractivity contribution is 0.922. The highest BCUT2D eigenvalue weighted by Gasteiger charge is 1.93. The van der Waals surface area contributed by atoms with Gasteiger partial charge in [0.15, 0.2) is 0 Å². The Labute approximate surface area is 109 Å². The van der Waals surface area contributed by atoms with Crippen LogP contribution in [0.2, 0.25) is 0 Å². The molecule has 2 N–H and O–H groups in total. The Bertz CT molecular complexity index is 571. The Kier molecular flexibility index (Phi) is 4.04. The highest BCUT2D eigenvalue weighted by atomic mass is 14.5. The highest BCUT2D eigenvalue weighted by Crippen LogP contribution is 2.09. The monoisotopic (exact) mass is 235 g/mol. The third kappa shape index (κ3) is 3.15. The molecular formula is C17H17N. The van der Waals surface area contributed by atoms with Crippen LogP contribution in [0, 0.1) is 11.8 Å². The van der Waals surface area contributed by atoms with Crippen LogP contribution in [0.1, 0.15) is 30.0 Å². The van der Waals surface area contributed by atoms with E-state index in [9.17, 15) is 0 Å². The van der Waals surface area contributed by atoms with Crippen molar-refractivity contribution >= 4 is 5.69 Å². The van der Waals surface area contributed by atoms with Crippen molar-refractivity contribution in [1.82, 2.24) is 0 Å². The summed E-state index contributed by atoms with van der Waals surface area (Å²) in [7, 11) is 0. The van der Waals surface area contributed by atoms with Gasteiger partial charge in [0.25, 0.3) is 0 Å². The fourth-order valence-corrected chi connectivity index (χ4v) is 1.79. The number of nitrogens with two attached hydrogens (primary N) is 1. The average Bonchev–Trinajstić information content (AvgIpc) is 2.40. The van der Waals surface area contributed by atoms with E-state index in [-0.39, 0.29) is 0 Å². The van der Waals surface area contributed by atoms with Gasteiger partial charge in [0.05, 0.1) is 0 Å². The minimum Gasteiger partial charge on any atom is -0.398 e. The summed E-state index contributed by atoms with van der Waals surface area (Å²) in [4.78, 5) is 0. The Morgan fingerprint density at radius 3 is 2.33 bits per heavy atom. The molecule has 0 aliphatic heterocycles. The molecule has 18 heavy (non-hydrogen) atoms. The third-order valence-corrected chi connectivity index (χ3v) is 2.79. The fraction of sp³-hybridized carbons (Fsp3) is 0.176. The van der Waals surface area contributed by atoms with E-state index in [1.54, 1.807) is 0 Å². The van der Waals surface area contributed by atoms with Gasteiger partial charge in [-0.15, -0.1) is 0 Å². The molecule has 2 aromatic rings. The summed E-state index contributed by atoms with van der Waals surface area (Å²) in [6.07, 6.45) is 2.30. The Morgan fingerprint density at radius 2 is 1.67 bits per heavy atom. The number of aryl methyl sites for hydroxylation is 1. The molecule has 0 fully saturated rings. The maximum Gasteiger partial charge on any atom is 0.0478 e. The van der Waals surface area contributed by atoms with Gasteiger partial charge in [0, 0.05) is 16.8 Å². The zero-order valence-corrected chi connectivity index (χ0v) is 10.6. The first-order valence-electron chi connectivity index (χ1n) is 6.25. The molecule has 0 aliphatic rings. The van der Waals surface area contributed by atoms with Crippen molar-refractivity contribution < 1.29 is 0 Å². The molecule has 2 rings (SSSR count). The number of nitrogen functional groups attached to an aromatic ring is 1. The van der Waals surface area contributed by atoms with E-state index in [0.717, 1.165) is 23.2 Å². The highest BCUT2D eigenvalue weighted by molar-refractivity contribution is 5.57. The van der Waals surface area contributed by atoms with Crippen LogP contribution in [-0.2, 0) is 6.42 Å². The minimum atomic E-state index is 0.729. The molecule has 90 valence electrons. The summed E-state index contributed by atoms with van der Waals surface area (Å²) in [5.41, 5.74) is 9.85. The molecule has 2 aromatic carbocycles. The molecule has 0 unspecified atom stereocenters. The van der Waals surface area contributed by atoms with Crippen LogP contribution in [0.5, 0.6) is 0 Å². The lowest BCUT2D eigenvalue weighted by Crippen LogP contribution is -1.88. The molecule has 0 bridgehead atoms. The maximum absolute atomic E-state index is 5.85. The van der Waals surface area contributed by atoms with Crippen LogP contribution in [-0.4, -0.2) is 0 Å². The lowest BCUT2D eigenvalue weighted by Gasteiger charge is -1.98. The first-order valence-corrected chi connectivity index (χ1v) is 6.25. The lowest BCUT2D eigenvalue weighted by atomic mass is 10.1. The van der Waals surface area contributed by atoms with Crippen LogP contribution in [0.15, 0.2) is 48.5 Å². The minimum absolute atomic E-state index is 0.729. The normalized spacial score (nSPS) is 9.61. The van der Waals surface area contributed by atoms with Gasteiger partial charge < -0.3 is 5.73 Å². The van der Waals surface area contributed by atoms with Crippen molar-refractivity contribution in [2.75, 3.05) is 5.73 Å². The number of rotatable bonds is 2. The SMILES string of the molecule is CCCc1ccc(C#Cc2ccccc2N)cc1. The van der Waals surface area contributed by atoms with Gasteiger partial charge in [-0.1, -0.05) is 49.5 Å². The standard InChI is InChI=1S/C17H17N/c1-2-5-14-8-10-15(11-9-14)12-13-16-6-3-4-7-17(16)18/h3-4,6-11H,2,5,18H2,1H3. The molecule has 0 radical (unpaired) electrons. The number of anilines is 1. The van der Waals surface area contributed by atoms with Gasteiger partial charge in [0.1, 0.15) is 0 Å². The predicted octanol–water partition coefficient (Wildman–Crippen LogP) is 3.62. The molecule has 0 aromatic heterocycles. The van der Waals surface area contributed by atoms with Gasteiger partial charge in [-0.3, -0.25) is 0 Å². The van der Waals surface area contributed by atoms with Gasteiger partial charge in [-0.2, -0.15) is 0 Å². The van der Waals surface area contributed by atoms with E-state index >= 15 is 0 Å². The van der Waals surface area contributed by atoms with Crippen molar-refractivity contribution in [2.45, 2.75) is 19.8 Å². The van der Waals surface area contributed by atoms with E-state index in [1.165, 1.54) is 12.0 Å². The molecule has 1 nitrogen and oxygen atoms in total. The molecular weight excluding hydrogens is 218 g/mol. The topological polar surface area (TPSA) is 26.0 Å². The fourth-order valence-electron chi connectivity index (χ4n) is 1.79. The van der Waals surface area contributed by atoms with Gasteiger partial charge in [-0.05, 0) is 36.2 Å². The van der Waals surface area contributed by atoms with Crippen LogP contribution in [0.3, 0.4) is 0 Å². The van der Waals surface area contributed by atoms with Gasteiger partial charge in [-0.25, -0.2) is 0 Å². The van der Waals surface area contributed by atoms with E-state index in [0.29, 0.717) is 0 Å². The summed E-state index contributed by atoms with van der Waals surface area (Å²) in [6, 6.07) is 16.1. The summed E-state index contributed by atoms with van der Waals surface area (Å²) >= 11 is 0. The Balaban J connectivity index is 2.17. The van der Waals surface area contributed by atoms with Crippen LogP contribution in [0.4, 0.5) is 5.69 Å². The Hall–Kier alpha value is -2.20. The molecule has 0 spiro atoms. The van der Waals surface area contributed by atoms with E-state index in [2.05, 4.69) is 43.0 Å². The quantitative estimate of drug-likeness (QED) is 0.624. The predicted molar refractivity (Wildman–Crippen MR) is 77.3 cm³/mol. The van der Waals surface area contributed by atoms with Crippen molar-refractivity contribution in [1.29, 1.82) is 0 Å². The molecule has 0 saturated heterocycles. The molecule has 0 heterocycles. The molecule has 0 atom stereocenters. The molecule has 1 heteroatoms. The summed E-state index contributed by atoms with van der Waals surface area (Å²) < 4.78 is 0. The average molecular weight is 235 g/mol. The van der Waals surface area contributed by atoms with Crippen LogP contribution >= 0.6 is 0 Å². The zero-order valence-electron chi connectivity index (χ0n) is 10.6.